The molecule has 0 radical (unpaired) electrons. The molecule has 0 fully saturated rings. The minimum absolute atomic E-state index is 0.110. The molecule has 1 aromatic heterocycles. The molecule has 0 bridgehead atoms. The van der Waals surface area contributed by atoms with Crippen molar-refractivity contribution >= 4 is 5.97 Å². The summed E-state index contributed by atoms with van der Waals surface area (Å²) in [5.74, 6) is -0.110. The number of unbranched alkanes of at least 4 members (excludes halogenated alkanes) is 3. The Morgan fingerprint density at radius 2 is 1.89 bits per heavy atom. The lowest BCUT2D eigenvalue weighted by molar-refractivity contribution is -0.140. The molecule has 1 unspecified atom stereocenters. The summed E-state index contributed by atoms with van der Waals surface area (Å²) in [6.45, 7) is 2.22. The largest absolute Gasteiger partial charge is 0.469 e. The summed E-state index contributed by atoms with van der Waals surface area (Å²) >= 11 is 0. The molecule has 0 saturated heterocycles. The second-order valence-corrected chi connectivity index (χ2v) is 4.75. The topological polar surface area (TPSA) is 31.2 Å². The highest BCUT2D eigenvalue weighted by Gasteiger charge is 2.12. The standard InChI is InChI=1S/C15H25NO2/c1-3-4-5-6-9-14(10-11-15(17)18-2)16-12-7-8-13-16/h7-8,12-14H,3-6,9-11H2,1-2H3. The minimum Gasteiger partial charge on any atom is -0.469 e. The Morgan fingerprint density at radius 1 is 1.17 bits per heavy atom. The molecular weight excluding hydrogens is 226 g/mol. The molecule has 1 rings (SSSR count). The fraction of sp³-hybridized carbons (Fsp3) is 0.667. The van der Waals surface area contributed by atoms with Crippen LogP contribution in [-0.4, -0.2) is 17.6 Å². The molecule has 0 aliphatic carbocycles. The fourth-order valence-electron chi connectivity index (χ4n) is 2.23. The van der Waals surface area contributed by atoms with Gasteiger partial charge in [0.25, 0.3) is 0 Å². The van der Waals surface area contributed by atoms with E-state index in [0.717, 1.165) is 12.8 Å². The fourth-order valence-corrected chi connectivity index (χ4v) is 2.23. The SMILES string of the molecule is CCCCCCC(CCC(=O)OC)n1cccc1. The van der Waals surface area contributed by atoms with Gasteiger partial charge in [-0.05, 0) is 25.0 Å². The maximum atomic E-state index is 11.2. The number of ether oxygens (including phenoxy) is 1. The van der Waals surface area contributed by atoms with E-state index in [1.165, 1.54) is 32.8 Å². The Morgan fingerprint density at radius 3 is 2.50 bits per heavy atom. The number of hydrogen-bond donors (Lipinski definition) is 0. The number of rotatable bonds is 9. The van der Waals surface area contributed by atoms with E-state index in [4.69, 9.17) is 4.74 Å². The smallest absolute Gasteiger partial charge is 0.305 e. The Balaban J connectivity index is 2.40. The zero-order valence-electron chi connectivity index (χ0n) is 11.6. The predicted octanol–water partition coefficient (Wildman–Crippen LogP) is 3.95. The highest BCUT2D eigenvalue weighted by Crippen LogP contribution is 2.22. The lowest BCUT2D eigenvalue weighted by Crippen LogP contribution is -2.10. The summed E-state index contributed by atoms with van der Waals surface area (Å²) in [5, 5.41) is 0. The van der Waals surface area contributed by atoms with Crippen LogP contribution in [0, 0.1) is 0 Å². The summed E-state index contributed by atoms with van der Waals surface area (Å²) in [4.78, 5) is 11.2. The molecule has 0 N–H and O–H groups in total. The van der Waals surface area contributed by atoms with Crippen LogP contribution in [0.5, 0.6) is 0 Å². The molecule has 0 aliphatic heterocycles. The van der Waals surface area contributed by atoms with Crippen molar-refractivity contribution in [2.45, 2.75) is 57.9 Å². The van der Waals surface area contributed by atoms with E-state index >= 15 is 0 Å². The van der Waals surface area contributed by atoms with Crippen molar-refractivity contribution in [2.24, 2.45) is 0 Å². The van der Waals surface area contributed by atoms with Gasteiger partial charge < -0.3 is 9.30 Å². The third-order valence-electron chi connectivity index (χ3n) is 3.35. The molecular formula is C15H25NO2. The number of hydrogen-bond acceptors (Lipinski definition) is 2. The molecule has 3 nitrogen and oxygen atoms in total. The molecule has 1 atom stereocenters. The molecule has 102 valence electrons. The van der Waals surface area contributed by atoms with Gasteiger partial charge in [-0.2, -0.15) is 0 Å². The summed E-state index contributed by atoms with van der Waals surface area (Å²) in [7, 11) is 1.45. The number of methoxy groups -OCH3 is 1. The Labute approximate surface area is 110 Å². The molecule has 0 saturated carbocycles. The lowest BCUT2D eigenvalue weighted by atomic mass is 10.0. The first-order valence-corrected chi connectivity index (χ1v) is 6.97. The molecule has 1 aromatic rings. The molecule has 3 heteroatoms. The van der Waals surface area contributed by atoms with Crippen molar-refractivity contribution in [3.8, 4) is 0 Å². The van der Waals surface area contributed by atoms with Gasteiger partial charge in [0, 0.05) is 24.9 Å². The van der Waals surface area contributed by atoms with Crippen LogP contribution in [0.4, 0.5) is 0 Å². The van der Waals surface area contributed by atoms with Gasteiger partial charge in [-0.25, -0.2) is 0 Å². The van der Waals surface area contributed by atoms with Crippen LogP contribution >= 0.6 is 0 Å². The maximum absolute atomic E-state index is 11.2. The van der Waals surface area contributed by atoms with Crippen molar-refractivity contribution < 1.29 is 9.53 Å². The van der Waals surface area contributed by atoms with E-state index in [9.17, 15) is 4.79 Å². The van der Waals surface area contributed by atoms with E-state index in [0.29, 0.717) is 12.5 Å². The van der Waals surface area contributed by atoms with Gasteiger partial charge in [-0.15, -0.1) is 0 Å². The zero-order valence-corrected chi connectivity index (χ0v) is 11.6. The normalized spacial score (nSPS) is 12.3. The first kappa shape index (κ1) is 14.8. The molecule has 1 heterocycles. The highest BCUT2D eigenvalue weighted by atomic mass is 16.5. The number of carbonyl (C=O) groups is 1. The van der Waals surface area contributed by atoms with Gasteiger partial charge >= 0.3 is 5.97 Å². The average Bonchev–Trinajstić information content (AvgIpc) is 2.91. The molecule has 0 aliphatic rings. The Bertz CT molecular complexity index is 319. The van der Waals surface area contributed by atoms with Crippen LogP contribution in [0.25, 0.3) is 0 Å². The first-order valence-electron chi connectivity index (χ1n) is 6.97. The summed E-state index contributed by atoms with van der Waals surface area (Å²) in [6.07, 6.45) is 11.8. The van der Waals surface area contributed by atoms with Gasteiger partial charge in [0.15, 0.2) is 0 Å². The summed E-state index contributed by atoms with van der Waals surface area (Å²) in [6, 6.07) is 4.50. The van der Waals surface area contributed by atoms with Gasteiger partial charge in [0.05, 0.1) is 7.11 Å². The molecule has 0 amide bonds. The quantitative estimate of drug-likeness (QED) is 0.491. The predicted molar refractivity (Wildman–Crippen MR) is 73.5 cm³/mol. The third kappa shape index (κ3) is 5.39. The Kier molecular flexibility index (Phi) is 7.23. The van der Waals surface area contributed by atoms with E-state index in [-0.39, 0.29) is 5.97 Å². The zero-order chi connectivity index (χ0) is 13.2. The van der Waals surface area contributed by atoms with E-state index in [1.807, 2.05) is 12.1 Å². The van der Waals surface area contributed by atoms with Crippen molar-refractivity contribution in [1.82, 2.24) is 4.57 Å². The second-order valence-electron chi connectivity index (χ2n) is 4.75. The van der Waals surface area contributed by atoms with Gasteiger partial charge in [-0.1, -0.05) is 32.6 Å². The summed E-state index contributed by atoms with van der Waals surface area (Å²) in [5.41, 5.74) is 0. The van der Waals surface area contributed by atoms with Crippen LogP contribution in [0.1, 0.15) is 57.9 Å². The van der Waals surface area contributed by atoms with Crippen molar-refractivity contribution in [3.63, 3.8) is 0 Å². The van der Waals surface area contributed by atoms with Crippen molar-refractivity contribution in [3.05, 3.63) is 24.5 Å². The van der Waals surface area contributed by atoms with Gasteiger partial charge in [0.2, 0.25) is 0 Å². The number of nitrogens with zero attached hydrogens (tertiary/aromatic N) is 1. The van der Waals surface area contributed by atoms with E-state index in [1.54, 1.807) is 0 Å². The van der Waals surface area contributed by atoms with E-state index < -0.39 is 0 Å². The average molecular weight is 251 g/mol. The van der Waals surface area contributed by atoms with Crippen molar-refractivity contribution in [2.75, 3.05) is 7.11 Å². The van der Waals surface area contributed by atoms with Crippen LogP contribution < -0.4 is 0 Å². The molecule has 0 aromatic carbocycles. The Hall–Kier alpha value is -1.25. The van der Waals surface area contributed by atoms with Crippen LogP contribution in [0.15, 0.2) is 24.5 Å². The molecule has 0 spiro atoms. The van der Waals surface area contributed by atoms with Crippen molar-refractivity contribution in [1.29, 1.82) is 0 Å². The number of carbonyl (C=O) groups excluding carboxylic acids is 1. The third-order valence-corrected chi connectivity index (χ3v) is 3.35. The maximum Gasteiger partial charge on any atom is 0.305 e. The first-order chi connectivity index (χ1) is 8.77. The second kappa shape index (κ2) is 8.78. The minimum atomic E-state index is -0.110. The van der Waals surface area contributed by atoms with Crippen LogP contribution in [0.2, 0.25) is 0 Å². The van der Waals surface area contributed by atoms with E-state index in [2.05, 4.69) is 23.9 Å². The monoisotopic (exact) mass is 251 g/mol. The highest BCUT2D eigenvalue weighted by molar-refractivity contribution is 5.69. The van der Waals surface area contributed by atoms with Crippen LogP contribution in [-0.2, 0) is 9.53 Å². The summed E-state index contributed by atoms with van der Waals surface area (Å²) < 4.78 is 6.93. The van der Waals surface area contributed by atoms with Gasteiger partial charge in [0.1, 0.15) is 0 Å². The lowest BCUT2D eigenvalue weighted by Gasteiger charge is -2.18. The van der Waals surface area contributed by atoms with Gasteiger partial charge in [-0.3, -0.25) is 4.79 Å². The molecule has 18 heavy (non-hydrogen) atoms. The number of aromatic nitrogens is 1. The number of esters is 1. The van der Waals surface area contributed by atoms with Crippen LogP contribution in [0.3, 0.4) is 0 Å².